The van der Waals surface area contributed by atoms with Crippen molar-refractivity contribution in [2.75, 3.05) is 13.1 Å². The van der Waals surface area contributed by atoms with Gasteiger partial charge in [0.25, 0.3) is 5.91 Å². The molecule has 0 radical (unpaired) electrons. The fourth-order valence-corrected chi connectivity index (χ4v) is 3.77. The molecule has 0 unspecified atom stereocenters. The molecule has 3 nitrogen and oxygen atoms in total. The lowest BCUT2D eigenvalue weighted by Gasteiger charge is -2.32. The van der Waals surface area contributed by atoms with Crippen LogP contribution in [0, 0.1) is 5.82 Å². The van der Waals surface area contributed by atoms with Crippen molar-refractivity contribution in [1.82, 2.24) is 10.2 Å². The van der Waals surface area contributed by atoms with Crippen LogP contribution in [0.1, 0.15) is 54.1 Å². The summed E-state index contributed by atoms with van der Waals surface area (Å²) in [6.45, 7) is 5.07. The van der Waals surface area contributed by atoms with Crippen molar-refractivity contribution in [3.05, 3.63) is 70.0 Å². The maximum Gasteiger partial charge on any atom is 0.251 e. The molecule has 2 aromatic carbocycles. The van der Waals surface area contributed by atoms with Gasteiger partial charge in [-0.25, -0.2) is 4.39 Å². The first-order valence-corrected chi connectivity index (χ1v) is 10.5. The third-order valence-electron chi connectivity index (χ3n) is 5.35. The number of amides is 1. The van der Waals surface area contributed by atoms with Crippen molar-refractivity contribution in [1.29, 1.82) is 0 Å². The highest BCUT2D eigenvalue weighted by Crippen LogP contribution is 2.18. The topological polar surface area (TPSA) is 32.3 Å². The van der Waals surface area contributed by atoms with Crippen LogP contribution in [-0.2, 0) is 13.0 Å². The van der Waals surface area contributed by atoms with E-state index in [1.54, 1.807) is 0 Å². The van der Waals surface area contributed by atoms with E-state index in [9.17, 15) is 9.18 Å². The van der Waals surface area contributed by atoms with E-state index < -0.39 is 5.82 Å². The molecule has 0 aliphatic carbocycles. The smallest absolute Gasteiger partial charge is 0.251 e. The van der Waals surface area contributed by atoms with Crippen LogP contribution >= 0.6 is 11.6 Å². The van der Waals surface area contributed by atoms with Gasteiger partial charge in [-0.1, -0.05) is 49.2 Å². The molecule has 28 heavy (non-hydrogen) atoms. The number of benzene rings is 2. The van der Waals surface area contributed by atoms with Gasteiger partial charge in [-0.2, -0.15) is 0 Å². The van der Waals surface area contributed by atoms with E-state index in [2.05, 4.69) is 41.4 Å². The first-order valence-electron chi connectivity index (χ1n) is 10.1. The van der Waals surface area contributed by atoms with E-state index in [0.29, 0.717) is 5.56 Å². The molecule has 1 N–H and O–H groups in total. The Hall–Kier alpha value is -1.91. The highest BCUT2D eigenvalue weighted by molar-refractivity contribution is 6.31. The molecule has 0 saturated carbocycles. The van der Waals surface area contributed by atoms with Crippen molar-refractivity contribution in [2.45, 2.75) is 51.6 Å². The van der Waals surface area contributed by atoms with Gasteiger partial charge in [0.15, 0.2) is 0 Å². The van der Waals surface area contributed by atoms with Crippen molar-refractivity contribution in [3.63, 3.8) is 0 Å². The van der Waals surface area contributed by atoms with Crippen molar-refractivity contribution in [2.24, 2.45) is 0 Å². The minimum absolute atomic E-state index is 0.0248. The number of hydrogen-bond donors (Lipinski definition) is 1. The van der Waals surface area contributed by atoms with Crippen LogP contribution in [0.25, 0.3) is 0 Å². The second-order valence-corrected chi connectivity index (χ2v) is 7.98. The van der Waals surface area contributed by atoms with E-state index in [-0.39, 0.29) is 17.0 Å². The Labute approximate surface area is 171 Å². The number of carbonyl (C=O) groups is 1. The average molecular weight is 403 g/mol. The first-order chi connectivity index (χ1) is 13.5. The lowest BCUT2D eigenvalue weighted by atomic mass is 10.0. The number of hydrogen-bond acceptors (Lipinski definition) is 2. The van der Waals surface area contributed by atoms with Crippen LogP contribution < -0.4 is 5.32 Å². The number of likely N-dealkylation sites (tertiary alicyclic amines) is 1. The zero-order chi connectivity index (χ0) is 19.9. The van der Waals surface area contributed by atoms with Gasteiger partial charge in [0.05, 0.1) is 5.02 Å². The molecule has 0 atom stereocenters. The molecule has 0 bridgehead atoms. The van der Waals surface area contributed by atoms with Crippen LogP contribution in [0.4, 0.5) is 4.39 Å². The zero-order valence-corrected chi connectivity index (χ0v) is 17.1. The average Bonchev–Trinajstić information content (AvgIpc) is 2.71. The van der Waals surface area contributed by atoms with Crippen LogP contribution in [-0.4, -0.2) is 29.9 Å². The van der Waals surface area contributed by atoms with E-state index in [0.717, 1.165) is 38.9 Å². The Morgan fingerprint density at radius 1 is 1.14 bits per heavy atom. The molecule has 1 heterocycles. The number of unbranched alkanes of at least 4 members (excludes halogenated alkanes) is 1. The molecule has 1 saturated heterocycles. The van der Waals surface area contributed by atoms with Crippen molar-refractivity contribution < 1.29 is 9.18 Å². The van der Waals surface area contributed by atoms with Gasteiger partial charge in [0.2, 0.25) is 0 Å². The maximum atomic E-state index is 13.3. The molecule has 0 spiro atoms. The lowest BCUT2D eigenvalue weighted by molar-refractivity contribution is 0.0909. The van der Waals surface area contributed by atoms with E-state index in [4.69, 9.17) is 11.6 Å². The lowest BCUT2D eigenvalue weighted by Crippen LogP contribution is -2.44. The van der Waals surface area contributed by atoms with Crippen LogP contribution in [0.5, 0.6) is 0 Å². The second-order valence-electron chi connectivity index (χ2n) is 7.57. The third kappa shape index (κ3) is 5.79. The number of nitrogens with one attached hydrogen (secondary N) is 1. The molecule has 5 heteroatoms. The van der Waals surface area contributed by atoms with Gasteiger partial charge in [-0.05, 0) is 55.0 Å². The molecule has 3 rings (SSSR count). The normalized spacial score (nSPS) is 15.5. The highest BCUT2D eigenvalue weighted by Gasteiger charge is 2.21. The van der Waals surface area contributed by atoms with Gasteiger partial charge in [-0.15, -0.1) is 0 Å². The van der Waals surface area contributed by atoms with Crippen molar-refractivity contribution in [3.8, 4) is 0 Å². The minimum atomic E-state index is -0.509. The quantitative estimate of drug-likeness (QED) is 0.688. The fourth-order valence-electron chi connectivity index (χ4n) is 3.59. The number of aryl methyl sites for hydroxylation is 1. The number of carbonyl (C=O) groups excluding carboxylic acids is 1. The summed E-state index contributed by atoms with van der Waals surface area (Å²) >= 11 is 5.77. The summed E-state index contributed by atoms with van der Waals surface area (Å²) in [4.78, 5) is 14.8. The Balaban J connectivity index is 1.45. The molecular weight excluding hydrogens is 375 g/mol. The summed E-state index contributed by atoms with van der Waals surface area (Å²) < 4.78 is 13.3. The van der Waals surface area contributed by atoms with Gasteiger partial charge in [0.1, 0.15) is 5.82 Å². The third-order valence-corrected chi connectivity index (χ3v) is 5.64. The SMILES string of the molecule is CCCCc1ccc(CN2CCC(NC(=O)c3ccc(F)c(Cl)c3)CC2)cc1. The van der Waals surface area contributed by atoms with Crippen LogP contribution in [0.2, 0.25) is 5.02 Å². The second kappa shape index (κ2) is 10.0. The number of halogens is 2. The predicted octanol–water partition coefficient (Wildman–Crippen LogP) is 5.22. The number of nitrogens with zero attached hydrogens (tertiary/aromatic N) is 1. The molecule has 150 valence electrons. The van der Waals surface area contributed by atoms with Crippen LogP contribution in [0.15, 0.2) is 42.5 Å². The molecule has 2 aromatic rings. The fraction of sp³-hybridized carbons (Fsp3) is 0.435. The van der Waals surface area contributed by atoms with Crippen LogP contribution in [0.3, 0.4) is 0 Å². The Morgan fingerprint density at radius 3 is 2.46 bits per heavy atom. The van der Waals surface area contributed by atoms with E-state index in [1.807, 2.05) is 0 Å². The number of piperidine rings is 1. The summed E-state index contributed by atoms with van der Waals surface area (Å²) in [6, 6.07) is 13.2. The van der Waals surface area contributed by atoms with E-state index in [1.165, 1.54) is 42.2 Å². The van der Waals surface area contributed by atoms with Gasteiger partial charge >= 0.3 is 0 Å². The Morgan fingerprint density at radius 2 is 1.82 bits per heavy atom. The maximum absolute atomic E-state index is 13.3. The Bertz CT molecular complexity index is 786. The van der Waals surface area contributed by atoms with Gasteiger partial charge in [-0.3, -0.25) is 9.69 Å². The molecule has 1 fully saturated rings. The summed E-state index contributed by atoms with van der Waals surface area (Å²) in [5.74, 6) is -0.701. The molecule has 1 amide bonds. The largest absolute Gasteiger partial charge is 0.349 e. The Kier molecular flexibility index (Phi) is 7.46. The number of rotatable bonds is 7. The summed E-state index contributed by atoms with van der Waals surface area (Å²) in [5.41, 5.74) is 3.15. The van der Waals surface area contributed by atoms with Crippen molar-refractivity contribution >= 4 is 17.5 Å². The molecular formula is C23H28ClFN2O. The molecule has 1 aliphatic rings. The molecule has 1 aliphatic heterocycles. The van der Waals surface area contributed by atoms with E-state index >= 15 is 0 Å². The standard InChI is InChI=1S/C23H28ClFN2O/c1-2-3-4-17-5-7-18(8-6-17)16-27-13-11-20(12-14-27)26-23(28)19-9-10-22(25)21(24)15-19/h5-10,15,20H,2-4,11-14,16H2,1H3,(H,26,28). The minimum Gasteiger partial charge on any atom is -0.349 e. The summed E-state index contributed by atoms with van der Waals surface area (Å²) in [6.07, 6.45) is 5.44. The monoisotopic (exact) mass is 402 g/mol. The van der Waals surface area contributed by atoms with Gasteiger partial charge < -0.3 is 5.32 Å². The zero-order valence-electron chi connectivity index (χ0n) is 16.4. The molecule has 0 aromatic heterocycles. The highest BCUT2D eigenvalue weighted by atomic mass is 35.5. The summed E-state index contributed by atoms with van der Waals surface area (Å²) in [5, 5.41) is 3.02. The predicted molar refractivity (Wildman–Crippen MR) is 112 cm³/mol. The first kappa shape index (κ1) is 20.8. The van der Waals surface area contributed by atoms with Gasteiger partial charge in [0, 0.05) is 31.2 Å². The summed E-state index contributed by atoms with van der Waals surface area (Å²) in [7, 11) is 0.